The molecule has 1 unspecified atom stereocenters. The van der Waals surface area contributed by atoms with E-state index in [0.717, 1.165) is 41.2 Å². The van der Waals surface area contributed by atoms with E-state index in [1.54, 1.807) is 0 Å². The number of nitrogens with zero attached hydrogens (tertiary/aromatic N) is 2. The normalized spacial score (nSPS) is 12.5. The number of aromatic nitrogens is 1. The molecule has 0 saturated carbocycles. The van der Waals surface area contributed by atoms with Crippen molar-refractivity contribution in [1.29, 1.82) is 5.26 Å². The van der Waals surface area contributed by atoms with Crippen LogP contribution in [0.5, 0.6) is 0 Å². The van der Waals surface area contributed by atoms with Crippen LogP contribution >= 0.6 is 15.9 Å². The van der Waals surface area contributed by atoms with E-state index in [2.05, 4.69) is 33.5 Å². The summed E-state index contributed by atoms with van der Waals surface area (Å²) in [5.41, 5.74) is 1.74. The minimum absolute atomic E-state index is 0.190. The summed E-state index contributed by atoms with van der Waals surface area (Å²) < 4.78 is 3.10. The zero-order valence-corrected chi connectivity index (χ0v) is 13.2. The average molecular weight is 335 g/mol. The number of benzene rings is 1. The molecule has 0 saturated heterocycles. The van der Waals surface area contributed by atoms with Crippen LogP contribution in [0.25, 0.3) is 10.9 Å². The van der Waals surface area contributed by atoms with Crippen LogP contribution in [-0.4, -0.2) is 16.3 Å². The highest BCUT2D eigenvalue weighted by atomic mass is 79.9. The number of nitriles is 1. The lowest BCUT2D eigenvalue weighted by Crippen LogP contribution is -2.14. The SMILES string of the molecule is CCCCC(CO)Cn1cc(C#N)c2ccc(Br)cc21. The Labute approximate surface area is 128 Å². The fraction of sp³-hybridized carbons (Fsp3) is 0.438. The van der Waals surface area contributed by atoms with E-state index in [9.17, 15) is 10.4 Å². The van der Waals surface area contributed by atoms with Crippen LogP contribution < -0.4 is 0 Å². The molecule has 0 fully saturated rings. The van der Waals surface area contributed by atoms with Crippen LogP contribution in [-0.2, 0) is 6.54 Å². The Balaban J connectivity index is 2.33. The highest BCUT2D eigenvalue weighted by Crippen LogP contribution is 2.26. The number of rotatable bonds is 6. The first-order valence-electron chi connectivity index (χ1n) is 6.99. The number of hydrogen-bond donors (Lipinski definition) is 1. The maximum absolute atomic E-state index is 9.52. The van der Waals surface area contributed by atoms with Gasteiger partial charge in [0, 0.05) is 29.2 Å². The lowest BCUT2D eigenvalue weighted by Gasteiger charge is -2.15. The summed E-state index contributed by atoms with van der Waals surface area (Å²) in [4.78, 5) is 0. The molecule has 4 heteroatoms. The second-order valence-electron chi connectivity index (χ2n) is 5.16. The average Bonchev–Trinajstić information content (AvgIpc) is 2.80. The third-order valence-electron chi connectivity index (χ3n) is 3.64. The number of fused-ring (bicyclic) bond motifs is 1. The number of unbranched alkanes of at least 4 members (excludes halogenated alkanes) is 1. The molecule has 0 spiro atoms. The molecule has 20 heavy (non-hydrogen) atoms. The van der Waals surface area contributed by atoms with E-state index in [1.165, 1.54) is 0 Å². The quantitative estimate of drug-likeness (QED) is 0.865. The highest BCUT2D eigenvalue weighted by Gasteiger charge is 2.13. The molecule has 1 atom stereocenters. The Morgan fingerprint density at radius 3 is 2.90 bits per heavy atom. The topological polar surface area (TPSA) is 49.0 Å². The van der Waals surface area contributed by atoms with Gasteiger partial charge >= 0.3 is 0 Å². The van der Waals surface area contributed by atoms with Crippen molar-refractivity contribution >= 4 is 26.8 Å². The van der Waals surface area contributed by atoms with Crippen molar-refractivity contribution in [1.82, 2.24) is 4.57 Å². The fourth-order valence-corrected chi connectivity index (χ4v) is 2.87. The van der Waals surface area contributed by atoms with Gasteiger partial charge in [0.15, 0.2) is 0 Å². The molecule has 2 aromatic rings. The van der Waals surface area contributed by atoms with Gasteiger partial charge in [0.1, 0.15) is 6.07 Å². The summed E-state index contributed by atoms with van der Waals surface area (Å²) in [7, 11) is 0. The molecule has 1 N–H and O–H groups in total. The lowest BCUT2D eigenvalue weighted by atomic mass is 10.0. The summed E-state index contributed by atoms with van der Waals surface area (Å²) in [6.07, 6.45) is 5.17. The van der Waals surface area contributed by atoms with Gasteiger partial charge in [-0.1, -0.05) is 41.8 Å². The summed E-state index contributed by atoms with van der Waals surface area (Å²) in [6, 6.07) is 8.20. The van der Waals surface area contributed by atoms with Crippen LogP contribution in [0.2, 0.25) is 0 Å². The zero-order valence-electron chi connectivity index (χ0n) is 11.6. The molecule has 0 bridgehead atoms. The molecular formula is C16H19BrN2O. The van der Waals surface area contributed by atoms with Gasteiger partial charge in [0.25, 0.3) is 0 Å². The molecule has 1 heterocycles. The van der Waals surface area contributed by atoms with Crippen LogP contribution in [0.3, 0.4) is 0 Å². The summed E-state index contributed by atoms with van der Waals surface area (Å²) in [6.45, 7) is 3.10. The van der Waals surface area contributed by atoms with Crippen LogP contribution in [0.15, 0.2) is 28.9 Å². The van der Waals surface area contributed by atoms with Crippen LogP contribution in [0.1, 0.15) is 31.7 Å². The van der Waals surface area contributed by atoms with E-state index in [4.69, 9.17) is 0 Å². The van der Waals surface area contributed by atoms with E-state index in [1.807, 2.05) is 24.4 Å². The monoisotopic (exact) mass is 334 g/mol. The predicted octanol–water partition coefficient (Wildman–Crippen LogP) is 4.07. The third-order valence-corrected chi connectivity index (χ3v) is 4.14. The van der Waals surface area contributed by atoms with E-state index < -0.39 is 0 Å². The van der Waals surface area contributed by atoms with Gasteiger partial charge in [-0.05, 0) is 24.5 Å². The van der Waals surface area contributed by atoms with E-state index in [-0.39, 0.29) is 12.5 Å². The van der Waals surface area contributed by atoms with Crippen molar-refractivity contribution in [2.24, 2.45) is 5.92 Å². The fourth-order valence-electron chi connectivity index (χ4n) is 2.52. The van der Waals surface area contributed by atoms with Gasteiger partial charge in [-0.2, -0.15) is 5.26 Å². The molecule has 0 aliphatic heterocycles. The predicted molar refractivity (Wildman–Crippen MR) is 84.5 cm³/mol. The minimum Gasteiger partial charge on any atom is -0.396 e. The minimum atomic E-state index is 0.190. The lowest BCUT2D eigenvalue weighted by molar-refractivity contribution is 0.201. The van der Waals surface area contributed by atoms with Gasteiger partial charge in [-0.3, -0.25) is 0 Å². The Hall–Kier alpha value is -1.31. The molecule has 0 amide bonds. The largest absolute Gasteiger partial charge is 0.396 e. The molecule has 1 aromatic carbocycles. The second kappa shape index (κ2) is 6.92. The number of hydrogen-bond acceptors (Lipinski definition) is 2. The molecule has 2 rings (SSSR count). The number of aliphatic hydroxyl groups excluding tert-OH is 1. The van der Waals surface area contributed by atoms with Gasteiger partial charge in [0.05, 0.1) is 11.1 Å². The second-order valence-corrected chi connectivity index (χ2v) is 6.07. The van der Waals surface area contributed by atoms with Gasteiger partial charge in [0.2, 0.25) is 0 Å². The Bertz CT molecular complexity index is 627. The standard InChI is InChI=1S/C16H19BrN2O/c1-2-3-4-12(11-20)9-19-10-13(8-18)15-6-5-14(17)7-16(15)19/h5-7,10,12,20H,2-4,9,11H2,1H3. The van der Waals surface area contributed by atoms with Crippen molar-refractivity contribution in [3.8, 4) is 6.07 Å². The number of halogens is 1. The summed E-state index contributed by atoms with van der Waals surface area (Å²) in [5, 5.41) is 19.7. The molecule has 0 aliphatic rings. The highest BCUT2D eigenvalue weighted by molar-refractivity contribution is 9.10. The Morgan fingerprint density at radius 1 is 1.45 bits per heavy atom. The van der Waals surface area contributed by atoms with E-state index >= 15 is 0 Å². The number of aliphatic hydroxyl groups is 1. The van der Waals surface area contributed by atoms with Crippen molar-refractivity contribution in [3.63, 3.8) is 0 Å². The van der Waals surface area contributed by atoms with Gasteiger partial charge < -0.3 is 9.67 Å². The van der Waals surface area contributed by atoms with Gasteiger partial charge in [-0.25, -0.2) is 0 Å². The van der Waals surface area contributed by atoms with Crippen LogP contribution in [0.4, 0.5) is 0 Å². The van der Waals surface area contributed by atoms with Crippen molar-refractivity contribution in [3.05, 3.63) is 34.4 Å². The molecule has 3 nitrogen and oxygen atoms in total. The van der Waals surface area contributed by atoms with Crippen molar-refractivity contribution in [2.45, 2.75) is 32.7 Å². The van der Waals surface area contributed by atoms with Gasteiger partial charge in [-0.15, -0.1) is 0 Å². The first kappa shape index (κ1) is 15.1. The van der Waals surface area contributed by atoms with Crippen molar-refractivity contribution < 1.29 is 5.11 Å². The molecule has 0 radical (unpaired) electrons. The zero-order chi connectivity index (χ0) is 14.5. The maximum atomic E-state index is 9.52. The molecule has 1 aromatic heterocycles. The van der Waals surface area contributed by atoms with E-state index in [0.29, 0.717) is 5.56 Å². The maximum Gasteiger partial charge on any atom is 0.101 e. The smallest absolute Gasteiger partial charge is 0.101 e. The third kappa shape index (κ3) is 3.23. The van der Waals surface area contributed by atoms with Crippen molar-refractivity contribution in [2.75, 3.05) is 6.61 Å². The molecule has 106 valence electrons. The van der Waals surface area contributed by atoms with Crippen LogP contribution in [0, 0.1) is 17.2 Å². The summed E-state index contributed by atoms with van der Waals surface area (Å²) in [5.74, 6) is 0.246. The first-order valence-corrected chi connectivity index (χ1v) is 7.78. The summed E-state index contributed by atoms with van der Waals surface area (Å²) >= 11 is 3.48. The Morgan fingerprint density at radius 2 is 2.25 bits per heavy atom. The molecular weight excluding hydrogens is 316 g/mol. The molecule has 0 aliphatic carbocycles. The Kier molecular flexibility index (Phi) is 5.22. The first-order chi connectivity index (χ1) is 9.69.